The molecule has 0 unspecified atom stereocenters. The lowest BCUT2D eigenvalue weighted by molar-refractivity contribution is -0.137. The maximum absolute atomic E-state index is 12.9. The third-order valence-electron chi connectivity index (χ3n) is 2.91. The number of hydrogen-bond donors (Lipinski definition) is 0. The summed E-state index contributed by atoms with van der Waals surface area (Å²) in [6.45, 7) is 4.14. The van der Waals surface area contributed by atoms with E-state index in [0.717, 1.165) is 6.07 Å². The van der Waals surface area contributed by atoms with Crippen LogP contribution in [0.3, 0.4) is 0 Å². The van der Waals surface area contributed by atoms with Crippen molar-refractivity contribution in [3.05, 3.63) is 66.9 Å². The van der Waals surface area contributed by atoms with Gasteiger partial charge in [-0.1, -0.05) is 18.7 Å². The van der Waals surface area contributed by atoms with Crippen LogP contribution in [0.2, 0.25) is 0 Å². The van der Waals surface area contributed by atoms with Gasteiger partial charge in [0.2, 0.25) is 0 Å². The second-order valence-corrected chi connectivity index (χ2v) is 4.59. The molecule has 2 aromatic rings. The van der Waals surface area contributed by atoms with Crippen LogP contribution in [0.1, 0.15) is 5.56 Å². The molecule has 0 aliphatic carbocycles. The van der Waals surface area contributed by atoms with E-state index in [0.29, 0.717) is 24.7 Å². The summed E-state index contributed by atoms with van der Waals surface area (Å²) in [6.07, 6.45) is -3.15. The molecule has 0 fully saturated rings. The number of rotatable bonds is 7. The summed E-state index contributed by atoms with van der Waals surface area (Å²) in [6, 6.07) is 11.5. The summed E-state index contributed by atoms with van der Waals surface area (Å²) in [5.74, 6) is 0.595. The fourth-order valence-corrected chi connectivity index (χ4v) is 1.81. The third-order valence-corrected chi connectivity index (χ3v) is 2.91. The van der Waals surface area contributed by atoms with E-state index >= 15 is 0 Å². The SMILES string of the molecule is C=COCCOc1ccc(N=Nc2ccccc2C(F)(F)F)cc1. The van der Waals surface area contributed by atoms with Gasteiger partial charge in [0.1, 0.15) is 19.0 Å². The number of nitrogens with zero attached hydrogens (tertiary/aromatic N) is 2. The Morgan fingerprint density at radius 1 is 0.958 bits per heavy atom. The van der Waals surface area contributed by atoms with Crippen LogP contribution in [0.25, 0.3) is 0 Å². The molecule has 0 aromatic heterocycles. The Balaban J connectivity index is 2.04. The Bertz CT molecular complexity index is 698. The van der Waals surface area contributed by atoms with E-state index in [1.165, 1.54) is 24.5 Å². The Kier molecular flexibility index (Phi) is 5.95. The van der Waals surface area contributed by atoms with Gasteiger partial charge in [0.25, 0.3) is 0 Å². The van der Waals surface area contributed by atoms with Crippen molar-refractivity contribution in [1.29, 1.82) is 0 Å². The van der Waals surface area contributed by atoms with Gasteiger partial charge in [-0.2, -0.15) is 18.3 Å². The molecule has 2 rings (SSSR count). The first-order valence-corrected chi connectivity index (χ1v) is 7.04. The average Bonchev–Trinajstić information content (AvgIpc) is 2.57. The van der Waals surface area contributed by atoms with Gasteiger partial charge in [0, 0.05) is 0 Å². The Morgan fingerprint density at radius 3 is 2.33 bits per heavy atom. The maximum Gasteiger partial charge on any atom is 0.418 e. The highest BCUT2D eigenvalue weighted by atomic mass is 19.4. The van der Waals surface area contributed by atoms with Crippen LogP contribution in [0, 0.1) is 0 Å². The zero-order valence-corrected chi connectivity index (χ0v) is 12.7. The summed E-state index contributed by atoms with van der Waals surface area (Å²) >= 11 is 0. The number of benzene rings is 2. The van der Waals surface area contributed by atoms with Gasteiger partial charge in [-0.3, -0.25) is 0 Å². The minimum atomic E-state index is -4.47. The molecule has 0 spiro atoms. The molecule has 0 atom stereocenters. The summed E-state index contributed by atoms with van der Waals surface area (Å²) in [5, 5.41) is 7.53. The first-order chi connectivity index (χ1) is 11.5. The van der Waals surface area contributed by atoms with E-state index in [1.54, 1.807) is 24.3 Å². The predicted octanol–water partition coefficient (Wildman–Crippen LogP) is 5.66. The molecule has 0 heterocycles. The van der Waals surface area contributed by atoms with Crippen molar-refractivity contribution >= 4 is 11.4 Å². The molecule has 0 N–H and O–H groups in total. The molecule has 4 nitrogen and oxygen atoms in total. The molecule has 24 heavy (non-hydrogen) atoms. The number of azo groups is 1. The summed E-state index contributed by atoms with van der Waals surface area (Å²) in [5.41, 5.74) is -0.635. The van der Waals surface area contributed by atoms with Gasteiger partial charge in [-0.15, -0.1) is 5.11 Å². The van der Waals surface area contributed by atoms with Gasteiger partial charge in [0.15, 0.2) is 0 Å². The lowest BCUT2D eigenvalue weighted by Gasteiger charge is -2.08. The molecule has 0 saturated heterocycles. The Morgan fingerprint density at radius 2 is 1.67 bits per heavy atom. The average molecular weight is 336 g/mol. The second-order valence-electron chi connectivity index (χ2n) is 4.59. The quantitative estimate of drug-likeness (QED) is 0.372. The fourth-order valence-electron chi connectivity index (χ4n) is 1.81. The van der Waals surface area contributed by atoms with Gasteiger partial charge in [-0.05, 0) is 36.4 Å². The van der Waals surface area contributed by atoms with E-state index in [-0.39, 0.29) is 5.69 Å². The van der Waals surface area contributed by atoms with Crippen LogP contribution in [0.5, 0.6) is 5.75 Å². The monoisotopic (exact) mass is 336 g/mol. The minimum absolute atomic E-state index is 0.230. The zero-order chi connectivity index (χ0) is 17.4. The second kappa shape index (κ2) is 8.14. The van der Waals surface area contributed by atoms with E-state index in [4.69, 9.17) is 9.47 Å². The third kappa shape index (κ3) is 5.12. The topological polar surface area (TPSA) is 43.2 Å². The lowest BCUT2D eigenvalue weighted by Crippen LogP contribution is -2.04. The largest absolute Gasteiger partial charge is 0.498 e. The van der Waals surface area contributed by atoms with Crippen molar-refractivity contribution in [1.82, 2.24) is 0 Å². The molecule has 0 radical (unpaired) electrons. The molecule has 0 aliphatic heterocycles. The first-order valence-electron chi connectivity index (χ1n) is 7.04. The van der Waals surface area contributed by atoms with E-state index < -0.39 is 11.7 Å². The summed E-state index contributed by atoms with van der Waals surface area (Å²) < 4.78 is 48.9. The smallest absolute Gasteiger partial charge is 0.418 e. The van der Waals surface area contributed by atoms with Crippen LogP contribution in [0.4, 0.5) is 24.5 Å². The van der Waals surface area contributed by atoms with Gasteiger partial charge >= 0.3 is 6.18 Å². The highest BCUT2D eigenvalue weighted by Crippen LogP contribution is 2.36. The lowest BCUT2D eigenvalue weighted by atomic mass is 10.2. The molecular weight excluding hydrogens is 321 g/mol. The standard InChI is InChI=1S/C17H15F3N2O2/c1-2-23-11-12-24-14-9-7-13(8-10-14)21-22-16-6-4-3-5-15(16)17(18,19)20/h2-10H,1,11-12H2. The number of alkyl halides is 3. The molecule has 126 valence electrons. The maximum atomic E-state index is 12.9. The van der Waals surface area contributed by atoms with Gasteiger partial charge < -0.3 is 9.47 Å². The molecular formula is C17H15F3N2O2. The number of halogens is 3. The normalized spacial score (nSPS) is 11.5. The fraction of sp³-hybridized carbons (Fsp3) is 0.176. The molecule has 7 heteroatoms. The van der Waals surface area contributed by atoms with E-state index in [1.807, 2.05) is 0 Å². The van der Waals surface area contributed by atoms with E-state index in [2.05, 4.69) is 16.8 Å². The van der Waals surface area contributed by atoms with Crippen LogP contribution in [0.15, 0.2) is 71.6 Å². The molecule has 0 aliphatic rings. The molecule has 2 aromatic carbocycles. The van der Waals surface area contributed by atoms with Crippen molar-refractivity contribution < 1.29 is 22.6 Å². The Hall–Kier alpha value is -2.83. The highest BCUT2D eigenvalue weighted by Gasteiger charge is 2.33. The highest BCUT2D eigenvalue weighted by molar-refractivity contribution is 5.48. The zero-order valence-electron chi connectivity index (χ0n) is 12.7. The minimum Gasteiger partial charge on any atom is -0.498 e. The molecule has 0 amide bonds. The molecule has 0 bridgehead atoms. The predicted molar refractivity (Wildman–Crippen MR) is 83.7 cm³/mol. The van der Waals surface area contributed by atoms with Crippen molar-refractivity contribution in [3.8, 4) is 5.75 Å². The molecule has 0 saturated carbocycles. The van der Waals surface area contributed by atoms with Crippen LogP contribution >= 0.6 is 0 Å². The van der Waals surface area contributed by atoms with E-state index in [9.17, 15) is 13.2 Å². The van der Waals surface area contributed by atoms with Gasteiger partial charge in [-0.25, -0.2) is 0 Å². The van der Waals surface area contributed by atoms with Crippen LogP contribution < -0.4 is 4.74 Å². The van der Waals surface area contributed by atoms with Crippen molar-refractivity contribution in [2.24, 2.45) is 10.2 Å². The van der Waals surface area contributed by atoms with Crippen molar-refractivity contribution in [2.45, 2.75) is 6.18 Å². The van der Waals surface area contributed by atoms with Crippen molar-refractivity contribution in [2.75, 3.05) is 13.2 Å². The number of hydrogen-bond acceptors (Lipinski definition) is 4. The first kappa shape index (κ1) is 17.5. The van der Waals surface area contributed by atoms with Gasteiger partial charge in [0.05, 0.1) is 23.2 Å². The van der Waals surface area contributed by atoms with Crippen molar-refractivity contribution in [3.63, 3.8) is 0 Å². The summed E-state index contributed by atoms with van der Waals surface area (Å²) in [7, 11) is 0. The summed E-state index contributed by atoms with van der Waals surface area (Å²) in [4.78, 5) is 0. The number of ether oxygens (including phenoxy) is 2. The Labute approximate surface area is 137 Å². The van der Waals surface area contributed by atoms with Crippen LogP contribution in [-0.4, -0.2) is 13.2 Å². The van der Waals surface area contributed by atoms with Crippen LogP contribution in [-0.2, 0) is 10.9 Å².